The maximum atomic E-state index is 2.60. The molecule has 1 aliphatic heterocycles. The topological polar surface area (TPSA) is 6.48 Å². The maximum absolute atomic E-state index is 2.60. The minimum atomic E-state index is 0.357. The van der Waals surface area contributed by atoms with Crippen LogP contribution in [-0.4, -0.2) is 48.1 Å². The molecule has 0 aromatic rings. The summed E-state index contributed by atoms with van der Waals surface area (Å²) in [5.74, 6) is 0. The van der Waals surface area contributed by atoms with Crippen LogP contribution in [0.4, 0.5) is 0 Å². The van der Waals surface area contributed by atoms with E-state index >= 15 is 0 Å². The molecule has 0 N–H and O–H groups in total. The van der Waals surface area contributed by atoms with Gasteiger partial charge >= 0.3 is 0 Å². The fourth-order valence-electron chi connectivity index (χ4n) is 2.24. The second kappa shape index (κ2) is 4.63. The first-order valence-electron chi connectivity index (χ1n) is 5.90. The predicted octanol–water partition coefficient (Wildman–Crippen LogP) is 2.20. The highest BCUT2D eigenvalue weighted by Gasteiger charge is 2.27. The van der Waals surface area contributed by atoms with E-state index in [0.29, 0.717) is 5.54 Å². The van der Waals surface area contributed by atoms with Gasteiger partial charge in [0.1, 0.15) is 0 Å². The number of likely N-dealkylation sites (tertiary alicyclic amines) is 1. The lowest BCUT2D eigenvalue weighted by atomic mass is 9.97. The molecule has 1 aliphatic rings. The molecule has 0 aliphatic carbocycles. The number of piperidine rings is 1. The average molecular weight is 198 g/mol. The van der Waals surface area contributed by atoms with Crippen molar-refractivity contribution in [3.05, 3.63) is 0 Å². The SMILES string of the molecule is CCN(C)C1CCN(C(C)(C)C)CC1. The van der Waals surface area contributed by atoms with E-state index in [1.54, 1.807) is 0 Å². The summed E-state index contributed by atoms with van der Waals surface area (Å²) in [4.78, 5) is 5.09. The van der Waals surface area contributed by atoms with E-state index in [-0.39, 0.29) is 0 Å². The smallest absolute Gasteiger partial charge is 0.0125 e. The highest BCUT2D eigenvalue weighted by Crippen LogP contribution is 2.22. The molecule has 1 heterocycles. The van der Waals surface area contributed by atoms with Crippen molar-refractivity contribution >= 4 is 0 Å². The number of hydrogen-bond acceptors (Lipinski definition) is 2. The Labute approximate surface area is 89.3 Å². The molecule has 84 valence electrons. The standard InChI is InChI=1S/C12H26N2/c1-6-13(5)11-7-9-14(10-8-11)12(2,3)4/h11H,6-10H2,1-5H3. The normalized spacial score (nSPS) is 21.9. The van der Waals surface area contributed by atoms with E-state index < -0.39 is 0 Å². The molecule has 0 saturated carbocycles. The Morgan fingerprint density at radius 3 is 2.07 bits per heavy atom. The van der Waals surface area contributed by atoms with E-state index in [1.807, 2.05) is 0 Å². The third-order valence-electron chi connectivity index (χ3n) is 3.54. The highest BCUT2D eigenvalue weighted by molar-refractivity contribution is 4.84. The van der Waals surface area contributed by atoms with Crippen molar-refractivity contribution in [1.82, 2.24) is 9.80 Å². The molecular weight excluding hydrogens is 172 g/mol. The number of rotatable bonds is 2. The zero-order valence-corrected chi connectivity index (χ0v) is 10.5. The van der Waals surface area contributed by atoms with Crippen molar-refractivity contribution in [2.75, 3.05) is 26.7 Å². The second-order valence-electron chi connectivity index (χ2n) is 5.46. The molecular formula is C12H26N2. The van der Waals surface area contributed by atoms with Gasteiger partial charge in [0.2, 0.25) is 0 Å². The monoisotopic (exact) mass is 198 g/mol. The second-order valence-corrected chi connectivity index (χ2v) is 5.46. The summed E-state index contributed by atoms with van der Waals surface area (Å²) in [6.45, 7) is 12.9. The van der Waals surface area contributed by atoms with Crippen LogP contribution < -0.4 is 0 Å². The number of nitrogens with zero attached hydrogens (tertiary/aromatic N) is 2. The van der Waals surface area contributed by atoms with Crippen LogP contribution in [-0.2, 0) is 0 Å². The van der Waals surface area contributed by atoms with Gasteiger partial charge in [0.15, 0.2) is 0 Å². The molecule has 1 saturated heterocycles. The van der Waals surface area contributed by atoms with Crippen molar-refractivity contribution in [2.45, 2.75) is 52.1 Å². The largest absolute Gasteiger partial charge is 0.304 e. The molecule has 0 atom stereocenters. The zero-order chi connectivity index (χ0) is 10.8. The molecule has 0 aromatic heterocycles. The van der Waals surface area contributed by atoms with Gasteiger partial charge in [-0.25, -0.2) is 0 Å². The highest BCUT2D eigenvalue weighted by atomic mass is 15.2. The Bertz CT molecular complexity index is 164. The molecule has 2 heteroatoms. The molecule has 14 heavy (non-hydrogen) atoms. The third-order valence-corrected chi connectivity index (χ3v) is 3.54. The summed E-state index contributed by atoms with van der Waals surface area (Å²) < 4.78 is 0. The van der Waals surface area contributed by atoms with Crippen LogP contribution in [0.15, 0.2) is 0 Å². The fraction of sp³-hybridized carbons (Fsp3) is 1.00. The van der Waals surface area contributed by atoms with Crippen LogP contribution in [0.25, 0.3) is 0 Å². The Balaban J connectivity index is 2.39. The summed E-state index contributed by atoms with van der Waals surface area (Å²) in [5.41, 5.74) is 0.357. The third kappa shape index (κ3) is 2.96. The van der Waals surface area contributed by atoms with Gasteiger partial charge in [-0.3, -0.25) is 4.90 Å². The lowest BCUT2D eigenvalue weighted by Crippen LogP contribution is -2.50. The van der Waals surface area contributed by atoms with Crippen LogP contribution in [0.3, 0.4) is 0 Å². The summed E-state index contributed by atoms with van der Waals surface area (Å²) in [6.07, 6.45) is 2.67. The molecule has 0 bridgehead atoms. The minimum Gasteiger partial charge on any atom is -0.304 e. The van der Waals surface area contributed by atoms with Crippen molar-refractivity contribution in [1.29, 1.82) is 0 Å². The summed E-state index contributed by atoms with van der Waals surface area (Å²) in [7, 11) is 2.25. The van der Waals surface area contributed by atoms with Crippen LogP contribution in [0.5, 0.6) is 0 Å². The van der Waals surface area contributed by atoms with E-state index in [2.05, 4.69) is 44.5 Å². The van der Waals surface area contributed by atoms with Crippen LogP contribution in [0.1, 0.15) is 40.5 Å². The Kier molecular flexibility index (Phi) is 3.96. The Morgan fingerprint density at radius 1 is 1.21 bits per heavy atom. The van der Waals surface area contributed by atoms with Gasteiger partial charge < -0.3 is 4.90 Å². The maximum Gasteiger partial charge on any atom is 0.0125 e. The lowest BCUT2D eigenvalue weighted by molar-refractivity contribution is 0.0672. The van der Waals surface area contributed by atoms with Crippen LogP contribution >= 0.6 is 0 Å². The van der Waals surface area contributed by atoms with Crippen molar-refractivity contribution in [3.8, 4) is 0 Å². The first-order chi connectivity index (χ1) is 6.45. The first kappa shape index (κ1) is 12.0. The lowest BCUT2D eigenvalue weighted by Gasteiger charge is -2.42. The number of hydrogen-bond donors (Lipinski definition) is 0. The zero-order valence-electron chi connectivity index (χ0n) is 10.5. The van der Waals surface area contributed by atoms with Gasteiger partial charge in [-0.2, -0.15) is 0 Å². The molecule has 1 fully saturated rings. The van der Waals surface area contributed by atoms with E-state index in [1.165, 1.54) is 32.5 Å². The van der Waals surface area contributed by atoms with Gasteiger partial charge in [0.05, 0.1) is 0 Å². The Morgan fingerprint density at radius 2 is 1.71 bits per heavy atom. The van der Waals surface area contributed by atoms with Gasteiger partial charge in [-0.1, -0.05) is 6.92 Å². The molecule has 0 spiro atoms. The van der Waals surface area contributed by atoms with Gasteiger partial charge in [0, 0.05) is 24.7 Å². The average Bonchev–Trinajstić information content (AvgIpc) is 2.15. The van der Waals surface area contributed by atoms with Gasteiger partial charge in [0.25, 0.3) is 0 Å². The summed E-state index contributed by atoms with van der Waals surface area (Å²) in [5, 5.41) is 0. The predicted molar refractivity (Wildman–Crippen MR) is 62.7 cm³/mol. The Hall–Kier alpha value is -0.0800. The molecule has 0 amide bonds. The van der Waals surface area contributed by atoms with E-state index in [0.717, 1.165) is 6.04 Å². The van der Waals surface area contributed by atoms with Gasteiger partial charge in [-0.05, 0) is 47.2 Å². The quantitative estimate of drug-likeness (QED) is 0.671. The summed E-state index contributed by atoms with van der Waals surface area (Å²) in [6, 6.07) is 0.818. The van der Waals surface area contributed by atoms with Crippen LogP contribution in [0, 0.1) is 0 Å². The first-order valence-corrected chi connectivity index (χ1v) is 5.90. The van der Waals surface area contributed by atoms with Crippen molar-refractivity contribution in [2.24, 2.45) is 0 Å². The molecule has 2 nitrogen and oxygen atoms in total. The van der Waals surface area contributed by atoms with Crippen molar-refractivity contribution in [3.63, 3.8) is 0 Å². The fourth-order valence-corrected chi connectivity index (χ4v) is 2.24. The van der Waals surface area contributed by atoms with Gasteiger partial charge in [-0.15, -0.1) is 0 Å². The van der Waals surface area contributed by atoms with E-state index in [9.17, 15) is 0 Å². The van der Waals surface area contributed by atoms with Crippen molar-refractivity contribution < 1.29 is 0 Å². The molecule has 0 aromatic carbocycles. The van der Waals surface area contributed by atoms with Crippen LogP contribution in [0.2, 0.25) is 0 Å². The van der Waals surface area contributed by atoms with E-state index in [4.69, 9.17) is 0 Å². The minimum absolute atomic E-state index is 0.357. The molecule has 0 radical (unpaired) electrons. The molecule has 0 unspecified atom stereocenters. The summed E-state index contributed by atoms with van der Waals surface area (Å²) >= 11 is 0. The molecule has 1 rings (SSSR count).